The molecule has 0 aliphatic heterocycles. The van der Waals surface area contributed by atoms with Gasteiger partial charge in [-0.15, -0.1) is 0 Å². The molecule has 4 heteroatoms. The van der Waals surface area contributed by atoms with Crippen LogP contribution in [0, 0.1) is 0 Å². The Morgan fingerprint density at radius 1 is 1.67 bits per heavy atom. The van der Waals surface area contributed by atoms with E-state index in [1.165, 1.54) is 0 Å². The van der Waals surface area contributed by atoms with E-state index in [-0.39, 0.29) is 0 Å². The molecule has 0 radical (unpaired) electrons. The molecule has 0 amide bonds. The van der Waals surface area contributed by atoms with E-state index in [2.05, 4.69) is 0 Å². The van der Waals surface area contributed by atoms with Crippen LogP contribution in [0.15, 0.2) is 0 Å². The van der Waals surface area contributed by atoms with Gasteiger partial charge in [-0.05, 0) is 13.8 Å². The standard InChI is InChI=1S/C5H8O4/c1-5(2,9)3(6)4(7)8/h9H,1-2H3,(H,7,8)/i1D3. The molecular weight excluding hydrogens is 124 g/mol. The van der Waals surface area contributed by atoms with Crippen molar-refractivity contribution < 1.29 is 23.9 Å². The molecule has 1 atom stereocenters. The Morgan fingerprint density at radius 3 is 2.22 bits per heavy atom. The number of hydrogen-bond donors (Lipinski definition) is 2. The van der Waals surface area contributed by atoms with Crippen LogP contribution in [0.5, 0.6) is 0 Å². The van der Waals surface area contributed by atoms with E-state index in [1.54, 1.807) is 0 Å². The fourth-order valence-corrected chi connectivity index (χ4v) is 0.208. The Hall–Kier alpha value is -0.900. The highest BCUT2D eigenvalue weighted by molar-refractivity contribution is 6.35. The highest BCUT2D eigenvalue weighted by Gasteiger charge is 2.29. The van der Waals surface area contributed by atoms with Crippen LogP contribution in [-0.2, 0) is 9.59 Å². The first kappa shape index (κ1) is 4.00. The summed E-state index contributed by atoms with van der Waals surface area (Å²) in [5, 5.41) is 17.1. The first-order valence-electron chi connectivity index (χ1n) is 3.61. The van der Waals surface area contributed by atoms with Crippen molar-refractivity contribution in [3.05, 3.63) is 0 Å². The fraction of sp³-hybridized carbons (Fsp3) is 0.600. The first-order chi connectivity index (χ1) is 5.10. The smallest absolute Gasteiger partial charge is 0.375 e. The molecule has 0 rings (SSSR count). The third-order valence-electron chi connectivity index (χ3n) is 0.636. The predicted octanol–water partition coefficient (Wildman–Crippen LogP) is -0.589. The van der Waals surface area contributed by atoms with Crippen LogP contribution in [0.4, 0.5) is 0 Å². The lowest BCUT2D eigenvalue weighted by Gasteiger charge is -2.10. The summed E-state index contributed by atoms with van der Waals surface area (Å²) in [6.45, 7) is -2.38. The number of hydrogen-bond acceptors (Lipinski definition) is 3. The molecule has 0 spiro atoms. The zero-order chi connectivity index (χ0) is 10.2. The van der Waals surface area contributed by atoms with E-state index < -0.39 is 24.2 Å². The molecule has 0 aromatic rings. The van der Waals surface area contributed by atoms with Crippen LogP contribution in [0.25, 0.3) is 0 Å². The second-order valence-corrected chi connectivity index (χ2v) is 1.71. The van der Waals surface area contributed by atoms with Gasteiger partial charge in [0.15, 0.2) is 0 Å². The van der Waals surface area contributed by atoms with Gasteiger partial charge < -0.3 is 10.2 Å². The summed E-state index contributed by atoms with van der Waals surface area (Å²) >= 11 is 0. The summed E-state index contributed by atoms with van der Waals surface area (Å²) < 4.78 is 20.0. The van der Waals surface area contributed by atoms with Crippen molar-refractivity contribution in [3.63, 3.8) is 0 Å². The Bertz CT molecular complexity index is 217. The van der Waals surface area contributed by atoms with Gasteiger partial charge in [0.05, 0.1) is 0 Å². The number of carbonyl (C=O) groups is 2. The normalized spacial score (nSPS) is 22.7. The molecule has 4 nitrogen and oxygen atoms in total. The molecule has 0 heterocycles. The first-order valence-corrected chi connectivity index (χ1v) is 2.11. The minimum Gasteiger partial charge on any atom is -0.475 e. The molecule has 0 aliphatic carbocycles. The van der Waals surface area contributed by atoms with Crippen LogP contribution < -0.4 is 0 Å². The van der Waals surface area contributed by atoms with Crippen molar-refractivity contribution in [2.24, 2.45) is 0 Å². The summed E-state index contributed by atoms with van der Waals surface area (Å²) in [6, 6.07) is 0. The fourth-order valence-electron chi connectivity index (χ4n) is 0.208. The van der Waals surface area contributed by atoms with E-state index in [9.17, 15) is 9.59 Å². The largest absolute Gasteiger partial charge is 0.475 e. The Kier molecular flexibility index (Phi) is 0.954. The maximum Gasteiger partial charge on any atom is 0.375 e. The topological polar surface area (TPSA) is 74.6 Å². The number of carbonyl (C=O) groups excluding carboxylic acids is 1. The van der Waals surface area contributed by atoms with Crippen LogP contribution in [0.1, 0.15) is 17.9 Å². The van der Waals surface area contributed by atoms with E-state index in [1.807, 2.05) is 0 Å². The van der Waals surface area contributed by atoms with Gasteiger partial charge in [-0.3, -0.25) is 4.79 Å². The molecule has 0 bridgehead atoms. The minimum atomic E-state index is -3.03. The number of aliphatic carboxylic acids is 1. The lowest BCUT2D eigenvalue weighted by atomic mass is 10.1. The van der Waals surface area contributed by atoms with Crippen molar-refractivity contribution in [1.29, 1.82) is 0 Å². The number of ketones is 1. The highest BCUT2D eigenvalue weighted by atomic mass is 16.4. The van der Waals surface area contributed by atoms with Crippen LogP contribution in [-0.4, -0.2) is 27.6 Å². The third-order valence-corrected chi connectivity index (χ3v) is 0.636. The van der Waals surface area contributed by atoms with E-state index in [0.29, 0.717) is 6.92 Å². The van der Waals surface area contributed by atoms with E-state index in [0.717, 1.165) is 0 Å². The number of carboxylic acid groups (broad SMARTS) is 1. The average molecular weight is 135 g/mol. The maximum absolute atomic E-state index is 10.6. The number of rotatable bonds is 2. The SMILES string of the molecule is [2H]C([2H])([2H])C(C)(O)C(=O)C(=O)O. The molecule has 0 saturated heterocycles. The molecule has 0 aliphatic rings. The summed E-state index contributed by atoms with van der Waals surface area (Å²) in [5.41, 5.74) is -2.82. The van der Waals surface area contributed by atoms with Crippen molar-refractivity contribution >= 4 is 11.8 Å². The highest BCUT2D eigenvalue weighted by Crippen LogP contribution is 2.01. The summed E-state index contributed by atoms with van der Waals surface area (Å²) in [6.07, 6.45) is 0. The van der Waals surface area contributed by atoms with Gasteiger partial charge in [-0.1, -0.05) is 0 Å². The lowest BCUT2D eigenvalue weighted by molar-refractivity contribution is -0.156. The monoisotopic (exact) mass is 135 g/mol. The van der Waals surface area contributed by atoms with Gasteiger partial charge in [-0.2, -0.15) is 0 Å². The van der Waals surface area contributed by atoms with Crippen LogP contribution >= 0.6 is 0 Å². The van der Waals surface area contributed by atoms with E-state index >= 15 is 0 Å². The molecule has 2 N–H and O–H groups in total. The molecule has 1 unspecified atom stereocenters. The predicted molar refractivity (Wildman–Crippen MR) is 28.9 cm³/mol. The van der Waals surface area contributed by atoms with Crippen molar-refractivity contribution in [1.82, 2.24) is 0 Å². The maximum atomic E-state index is 10.6. The molecule has 0 fully saturated rings. The molecule has 9 heavy (non-hydrogen) atoms. The zero-order valence-electron chi connectivity index (χ0n) is 7.71. The molecular formula is C5H8O4. The molecule has 0 saturated carbocycles. The van der Waals surface area contributed by atoms with Gasteiger partial charge in [0.1, 0.15) is 5.60 Å². The molecule has 52 valence electrons. The third kappa shape index (κ3) is 2.23. The summed E-state index contributed by atoms with van der Waals surface area (Å²) in [7, 11) is 0. The van der Waals surface area contributed by atoms with Crippen LogP contribution in [0.3, 0.4) is 0 Å². The van der Waals surface area contributed by atoms with Gasteiger partial charge in [0.25, 0.3) is 5.78 Å². The molecule has 0 aromatic carbocycles. The lowest BCUT2D eigenvalue weighted by Crippen LogP contribution is -2.36. The second-order valence-electron chi connectivity index (χ2n) is 1.71. The summed E-state index contributed by atoms with van der Waals surface area (Å²) in [5.74, 6) is -3.70. The van der Waals surface area contributed by atoms with Gasteiger partial charge in [-0.25, -0.2) is 4.79 Å². The zero-order valence-corrected chi connectivity index (χ0v) is 4.71. The Balaban J connectivity index is 4.87. The number of Topliss-reactive ketones (excluding diaryl/α,β-unsaturated/α-hetero) is 1. The second kappa shape index (κ2) is 2.14. The number of aliphatic hydroxyl groups is 1. The van der Waals surface area contributed by atoms with Crippen LogP contribution in [0.2, 0.25) is 0 Å². The molecule has 0 aromatic heterocycles. The van der Waals surface area contributed by atoms with Gasteiger partial charge in [0.2, 0.25) is 0 Å². The van der Waals surface area contributed by atoms with Crippen molar-refractivity contribution in [3.8, 4) is 0 Å². The van der Waals surface area contributed by atoms with Gasteiger partial charge in [0, 0.05) is 4.11 Å². The average Bonchev–Trinajstić information content (AvgIpc) is 1.83. The Morgan fingerprint density at radius 2 is 2.11 bits per heavy atom. The Labute approximate surface area is 56.3 Å². The van der Waals surface area contributed by atoms with Crippen molar-refractivity contribution in [2.75, 3.05) is 0 Å². The van der Waals surface area contributed by atoms with Gasteiger partial charge >= 0.3 is 5.97 Å². The quantitative estimate of drug-likeness (QED) is 0.496. The summed E-state index contributed by atoms with van der Waals surface area (Å²) in [4.78, 5) is 20.6. The van der Waals surface area contributed by atoms with E-state index in [4.69, 9.17) is 14.3 Å². The van der Waals surface area contributed by atoms with Crippen molar-refractivity contribution in [2.45, 2.75) is 19.4 Å². The minimum absolute atomic E-state index is 0.649. The number of carboxylic acids is 1.